The van der Waals surface area contributed by atoms with E-state index in [9.17, 15) is 24.9 Å². The lowest BCUT2D eigenvalue weighted by molar-refractivity contribution is -0.184. The Bertz CT molecular complexity index is 1510. The van der Waals surface area contributed by atoms with E-state index in [1.807, 2.05) is 24.3 Å². The van der Waals surface area contributed by atoms with Crippen molar-refractivity contribution in [3.05, 3.63) is 75.1 Å². The molecular weight excluding hydrogens is 480 g/mol. The second-order valence-electron chi connectivity index (χ2n) is 9.45. The number of hydrogen-bond donors (Lipinski definition) is 3. The zero-order chi connectivity index (χ0) is 25.9. The number of carbonyl (C=O) groups is 1. The largest absolute Gasteiger partial charge is 0.458 e. The number of aliphatic hydroxyl groups excluding tert-OH is 2. The molecule has 0 spiro atoms. The van der Waals surface area contributed by atoms with Crippen molar-refractivity contribution < 1.29 is 34.3 Å². The van der Waals surface area contributed by atoms with Crippen LogP contribution in [0.4, 0.5) is 0 Å². The van der Waals surface area contributed by atoms with Crippen LogP contribution in [0.2, 0.25) is 0 Å². The van der Waals surface area contributed by atoms with Gasteiger partial charge in [0.25, 0.3) is 5.56 Å². The predicted molar refractivity (Wildman–Crippen MR) is 130 cm³/mol. The van der Waals surface area contributed by atoms with E-state index in [0.29, 0.717) is 16.9 Å². The second-order valence-corrected chi connectivity index (χ2v) is 9.45. The van der Waals surface area contributed by atoms with Crippen LogP contribution < -0.4 is 5.56 Å². The molecule has 3 aromatic rings. The lowest BCUT2D eigenvalue weighted by atomic mass is 9.86. The molecule has 3 aliphatic heterocycles. The minimum atomic E-state index is -1.90. The summed E-state index contributed by atoms with van der Waals surface area (Å²) < 4.78 is 18.4. The van der Waals surface area contributed by atoms with Gasteiger partial charge < -0.3 is 34.1 Å². The molecule has 3 aliphatic rings. The number of ether oxygens (including phenoxy) is 3. The van der Waals surface area contributed by atoms with Gasteiger partial charge in [-0.15, -0.1) is 0 Å². The van der Waals surface area contributed by atoms with Crippen LogP contribution in [0.3, 0.4) is 0 Å². The Morgan fingerprint density at radius 1 is 1.22 bits per heavy atom. The van der Waals surface area contributed by atoms with Crippen molar-refractivity contribution in [1.82, 2.24) is 9.55 Å². The molecule has 0 bridgehead atoms. The molecule has 3 N–H and O–H groups in total. The van der Waals surface area contributed by atoms with E-state index in [0.717, 1.165) is 16.5 Å². The third-order valence-corrected chi connectivity index (χ3v) is 7.44. The number of esters is 1. The monoisotopic (exact) mass is 506 g/mol. The highest BCUT2D eigenvalue weighted by Gasteiger charge is 2.45. The number of aliphatic hydroxyl groups is 3. The van der Waals surface area contributed by atoms with Gasteiger partial charge in [0.2, 0.25) is 0 Å². The van der Waals surface area contributed by atoms with Crippen molar-refractivity contribution in [2.75, 3.05) is 6.61 Å². The molecule has 5 heterocycles. The number of carbonyl (C=O) groups excluding carboxylic acids is 1. The van der Waals surface area contributed by atoms with Gasteiger partial charge in [0, 0.05) is 16.5 Å². The molecule has 2 aromatic heterocycles. The summed E-state index contributed by atoms with van der Waals surface area (Å²) in [7, 11) is 0. The molecule has 192 valence electrons. The van der Waals surface area contributed by atoms with Crippen LogP contribution in [0.25, 0.3) is 22.3 Å². The molecule has 0 saturated carbocycles. The predicted octanol–water partition coefficient (Wildman–Crippen LogP) is 1.23. The van der Waals surface area contributed by atoms with E-state index in [1.54, 1.807) is 23.6 Å². The van der Waals surface area contributed by atoms with Crippen LogP contribution in [0, 0.1) is 0 Å². The molecule has 1 aromatic carbocycles. The fraction of sp³-hybridized carbons (Fsp3) is 0.370. The fourth-order valence-electron chi connectivity index (χ4n) is 5.32. The molecular formula is C27H26N2O8. The molecule has 0 radical (unpaired) electrons. The summed E-state index contributed by atoms with van der Waals surface area (Å²) in [6, 6.07) is 9.24. The number of rotatable bonds is 5. The summed E-state index contributed by atoms with van der Waals surface area (Å²) in [5, 5.41) is 31.3. The van der Waals surface area contributed by atoms with Crippen LogP contribution in [-0.4, -0.2) is 55.9 Å². The average Bonchev–Trinajstić information content (AvgIpc) is 3.28. The topological polar surface area (TPSA) is 140 Å². The minimum absolute atomic E-state index is 0.0667. The molecule has 0 saturated heterocycles. The average molecular weight is 507 g/mol. The van der Waals surface area contributed by atoms with Gasteiger partial charge >= 0.3 is 5.97 Å². The van der Waals surface area contributed by atoms with Crippen LogP contribution in [0.15, 0.2) is 47.3 Å². The first-order valence-electron chi connectivity index (χ1n) is 12.2. The molecule has 0 fully saturated rings. The number of fused-ring (bicyclic) bond motifs is 5. The highest BCUT2D eigenvalue weighted by Crippen LogP contribution is 2.40. The summed E-state index contributed by atoms with van der Waals surface area (Å²) in [5.41, 5.74) is 1.71. The van der Waals surface area contributed by atoms with Gasteiger partial charge in [0.1, 0.15) is 18.8 Å². The van der Waals surface area contributed by atoms with Crippen LogP contribution in [0.1, 0.15) is 35.6 Å². The quantitative estimate of drug-likeness (QED) is 0.269. The Morgan fingerprint density at radius 2 is 2.03 bits per heavy atom. The van der Waals surface area contributed by atoms with Gasteiger partial charge in [-0.3, -0.25) is 4.79 Å². The van der Waals surface area contributed by atoms with Gasteiger partial charge in [-0.2, -0.15) is 0 Å². The number of nitrogens with zero attached hydrogens (tertiary/aromatic N) is 2. The molecule has 10 heteroatoms. The van der Waals surface area contributed by atoms with Crippen molar-refractivity contribution in [1.29, 1.82) is 0 Å². The van der Waals surface area contributed by atoms with Crippen molar-refractivity contribution in [2.45, 2.75) is 57.2 Å². The van der Waals surface area contributed by atoms with E-state index >= 15 is 0 Å². The first-order valence-corrected chi connectivity index (χ1v) is 12.2. The number of pyridine rings is 2. The SMILES string of the molecule is CC[C@@]1(O)C(=O)OCc2c1cc1n(c2=O)Cc2c-1nc1ccccc1c2CO[C@@H]1C=C[C@H](O)[C@@H](CO)O1. The van der Waals surface area contributed by atoms with Crippen LogP contribution in [-0.2, 0) is 44.4 Å². The lowest BCUT2D eigenvalue weighted by Gasteiger charge is -2.31. The van der Waals surface area contributed by atoms with Crippen molar-refractivity contribution in [3.8, 4) is 11.4 Å². The first kappa shape index (κ1) is 24.0. The lowest BCUT2D eigenvalue weighted by Crippen LogP contribution is -2.44. The third kappa shape index (κ3) is 3.64. The van der Waals surface area contributed by atoms with E-state index < -0.39 is 30.1 Å². The fourth-order valence-corrected chi connectivity index (χ4v) is 5.32. The summed E-state index contributed by atoms with van der Waals surface area (Å²) >= 11 is 0. The minimum Gasteiger partial charge on any atom is -0.458 e. The zero-order valence-corrected chi connectivity index (χ0v) is 20.1. The molecule has 6 rings (SSSR count). The number of hydrogen-bond acceptors (Lipinski definition) is 9. The summed E-state index contributed by atoms with van der Waals surface area (Å²) in [6.07, 6.45) is 0.715. The zero-order valence-electron chi connectivity index (χ0n) is 20.1. The maximum Gasteiger partial charge on any atom is 0.343 e. The number of aromatic nitrogens is 2. The smallest absolute Gasteiger partial charge is 0.343 e. The van der Waals surface area contributed by atoms with Crippen molar-refractivity contribution >= 4 is 16.9 Å². The standard InChI is InChI=1S/C27H26N2O8/c1-2-27(34)18-9-20-24-15(10-29(20)25(32)17(18)13-36-26(27)33)16(14-5-3-4-6-19(14)28-24)12-35-23-8-7-21(31)22(11-30)37-23/h3-9,21-23,30-31,34H,2,10-13H2,1H3/t21-,22+,23-,27-/m0/s1. The van der Waals surface area contributed by atoms with E-state index in [2.05, 4.69) is 0 Å². The van der Waals surface area contributed by atoms with Gasteiger partial charge in [0.05, 0.1) is 42.2 Å². The highest BCUT2D eigenvalue weighted by molar-refractivity contribution is 5.89. The van der Waals surface area contributed by atoms with Crippen LogP contribution >= 0.6 is 0 Å². The van der Waals surface area contributed by atoms with Crippen LogP contribution in [0.5, 0.6) is 0 Å². The summed E-state index contributed by atoms with van der Waals surface area (Å²) in [4.78, 5) is 30.8. The van der Waals surface area contributed by atoms with Crippen molar-refractivity contribution in [2.24, 2.45) is 0 Å². The van der Waals surface area contributed by atoms with Gasteiger partial charge in [-0.05, 0) is 30.2 Å². The number of cyclic esters (lactones) is 1. The Hall–Kier alpha value is -3.41. The molecule has 0 amide bonds. The Kier molecular flexibility index (Phi) is 5.74. The van der Waals surface area contributed by atoms with Gasteiger partial charge in [0.15, 0.2) is 11.9 Å². The maximum atomic E-state index is 13.5. The summed E-state index contributed by atoms with van der Waals surface area (Å²) in [6.45, 7) is 1.49. The maximum absolute atomic E-state index is 13.5. The Morgan fingerprint density at radius 3 is 2.81 bits per heavy atom. The molecule has 0 unspecified atom stereocenters. The third-order valence-electron chi connectivity index (χ3n) is 7.44. The first-order chi connectivity index (χ1) is 17.9. The summed E-state index contributed by atoms with van der Waals surface area (Å²) in [5.74, 6) is -0.766. The molecule has 37 heavy (non-hydrogen) atoms. The van der Waals surface area contributed by atoms with E-state index in [-0.39, 0.29) is 49.5 Å². The molecule has 4 atom stereocenters. The number of para-hydroxylation sites is 1. The molecule has 0 aliphatic carbocycles. The number of benzene rings is 1. The second kappa shape index (κ2) is 8.86. The van der Waals surface area contributed by atoms with Gasteiger partial charge in [-0.1, -0.05) is 31.2 Å². The Labute approximate surface area is 211 Å². The highest BCUT2D eigenvalue weighted by atomic mass is 16.7. The Balaban J connectivity index is 1.46. The normalized spacial score (nSPS) is 26.1. The van der Waals surface area contributed by atoms with E-state index in [4.69, 9.17) is 19.2 Å². The van der Waals surface area contributed by atoms with Gasteiger partial charge in [-0.25, -0.2) is 9.78 Å². The van der Waals surface area contributed by atoms with E-state index in [1.165, 1.54) is 6.08 Å². The molecule has 10 nitrogen and oxygen atoms in total. The van der Waals surface area contributed by atoms with Crippen molar-refractivity contribution in [3.63, 3.8) is 0 Å².